The number of aliphatic imine (C=N–C) groups is 1. The predicted octanol–water partition coefficient (Wildman–Crippen LogP) is 5.08. The molecule has 3 N–H and O–H groups in total. The fourth-order valence-electron chi connectivity index (χ4n) is 4.75. The van der Waals surface area contributed by atoms with E-state index in [0.29, 0.717) is 17.7 Å². The first-order chi connectivity index (χ1) is 16.8. The number of rotatable bonds is 8. The molecular formula is C29H40N4O2. The molecule has 1 atom stereocenters. The molecule has 1 unspecified atom stereocenters. The minimum atomic E-state index is -0.216. The highest BCUT2D eigenvalue weighted by atomic mass is 16.5. The van der Waals surface area contributed by atoms with Gasteiger partial charge in [-0.05, 0) is 106 Å². The van der Waals surface area contributed by atoms with Gasteiger partial charge in [0.2, 0.25) is 0 Å². The number of hydrogen-bond donors (Lipinski definition) is 2. The quantitative estimate of drug-likeness (QED) is 0.521. The zero-order valence-electron chi connectivity index (χ0n) is 22.0. The molecule has 0 saturated carbocycles. The summed E-state index contributed by atoms with van der Waals surface area (Å²) in [7, 11) is 3.34. The van der Waals surface area contributed by atoms with Gasteiger partial charge in [0.25, 0.3) is 5.91 Å². The number of nitrogens with zero attached hydrogens (tertiary/aromatic N) is 2. The molecule has 0 aromatic heterocycles. The van der Waals surface area contributed by atoms with Crippen molar-refractivity contribution < 1.29 is 9.53 Å². The topological polar surface area (TPSA) is 80.0 Å². The number of benzene rings is 2. The van der Waals surface area contributed by atoms with Gasteiger partial charge in [-0.15, -0.1) is 0 Å². The molecule has 1 fully saturated rings. The molecule has 1 aliphatic rings. The molecular weight excluding hydrogens is 436 g/mol. The van der Waals surface area contributed by atoms with E-state index < -0.39 is 0 Å². The average Bonchev–Trinajstić information content (AvgIpc) is 2.87. The Balaban J connectivity index is 1.79. The maximum absolute atomic E-state index is 13.4. The van der Waals surface area contributed by atoms with Crippen molar-refractivity contribution in [3.8, 4) is 5.75 Å². The summed E-state index contributed by atoms with van der Waals surface area (Å²) in [5, 5.41) is 3.19. The molecule has 188 valence electrons. The van der Waals surface area contributed by atoms with E-state index in [2.05, 4.69) is 47.3 Å². The van der Waals surface area contributed by atoms with Gasteiger partial charge in [-0.2, -0.15) is 0 Å². The molecule has 2 aromatic carbocycles. The molecule has 0 aliphatic carbocycles. The van der Waals surface area contributed by atoms with E-state index in [1.54, 1.807) is 20.4 Å². The molecule has 35 heavy (non-hydrogen) atoms. The second-order valence-corrected chi connectivity index (χ2v) is 9.68. The van der Waals surface area contributed by atoms with E-state index in [1.807, 2.05) is 32.0 Å². The number of hydrogen-bond acceptors (Lipinski definition) is 5. The summed E-state index contributed by atoms with van der Waals surface area (Å²) in [4.78, 5) is 20.0. The third-order valence-electron chi connectivity index (χ3n) is 7.03. The smallest absolute Gasteiger partial charge is 0.252 e. The number of carbonyl (C=O) groups excluding carboxylic acids is 1. The standard InChI is InChI=1S/C29H40N4O2/c1-19(2)33-11-9-22(10-12-33)23-8-7-20(3)28(16-23)29(34)32-21(4)24-13-25(15-27(14-24)35-6)26(17-30)18-31-5/h7-8,13-19,21-22H,9-12,30H2,1-6H3,(H,32,34)/b26-17+,31-18?. The SMILES string of the molecule is CN=C/C(=C\N)c1cc(OC)cc(C(C)NC(=O)c2cc(C3CCN(C(C)C)CC3)ccc2C)c1. The van der Waals surface area contributed by atoms with Gasteiger partial charge < -0.3 is 20.7 Å². The van der Waals surface area contributed by atoms with Crippen molar-refractivity contribution in [1.29, 1.82) is 0 Å². The lowest BCUT2D eigenvalue weighted by Gasteiger charge is -2.35. The fraction of sp³-hybridized carbons (Fsp3) is 0.448. The Morgan fingerprint density at radius 2 is 1.89 bits per heavy atom. The number of amides is 1. The summed E-state index contributed by atoms with van der Waals surface area (Å²) in [6, 6.07) is 12.6. The van der Waals surface area contributed by atoms with Crippen LogP contribution in [0.1, 0.15) is 78.2 Å². The number of ether oxygens (including phenoxy) is 1. The van der Waals surface area contributed by atoms with Gasteiger partial charge in [0.05, 0.1) is 13.2 Å². The number of likely N-dealkylation sites (tertiary alicyclic amines) is 1. The third-order valence-corrected chi connectivity index (χ3v) is 7.03. The summed E-state index contributed by atoms with van der Waals surface area (Å²) < 4.78 is 5.50. The lowest BCUT2D eigenvalue weighted by molar-refractivity contribution is 0.0939. The largest absolute Gasteiger partial charge is 0.497 e. The van der Waals surface area contributed by atoms with Crippen LogP contribution in [0, 0.1) is 6.92 Å². The Labute approximate surface area is 210 Å². The minimum Gasteiger partial charge on any atom is -0.497 e. The minimum absolute atomic E-state index is 0.0643. The van der Waals surface area contributed by atoms with Gasteiger partial charge in [0.1, 0.15) is 5.75 Å². The van der Waals surface area contributed by atoms with Crippen LogP contribution in [0.5, 0.6) is 5.75 Å². The number of methoxy groups -OCH3 is 1. The van der Waals surface area contributed by atoms with Crippen LogP contribution < -0.4 is 15.8 Å². The second-order valence-electron chi connectivity index (χ2n) is 9.68. The highest BCUT2D eigenvalue weighted by molar-refractivity contribution is 6.09. The van der Waals surface area contributed by atoms with E-state index in [9.17, 15) is 4.79 Å². The van der Waals surface area contributed by atoms with Crippen molar-refractivity contribution in [3.05, 3.63) is 70.4 Å². The van der Waals surface area contributed by atoms with E-state index in [1.165, 1.54) is 11.8 Å². The van der Waals surface area contributed by atoms with Crippen LogP contribution in [0.15, 0.2) is 47.6 Å². The van der Waals surface area contributed by atoms with Crippen LogP contribution in [-0.2, 0) is 0 Å². The van der Waals surface area contributed by atoms with Crippen molar-refractivity contribution in [1.82, 2.24) is 10.2 Å². The molecule has 6 nitrogen and oxygen atoms in total. The molecule has 1 saturated heterocycles. The van der Waals surface area contributed by atoms with Crippen LogP contribution >= 0.6 is 0 Å². The third kappa shape index (κ3) is 6.51. The van der Waals surface area contributed by atoms with Gasteiger partial charge in [0.15, 0.2) is 0 Å². The maximum Gasteiger partial charge on any atom is 0.252 e. The van der Waals surface area contributed by atoms with Gasteiger partial charge in [-0.1, -0.05) is 12.1 Å². The Kier molecular flexibility index (Phi) is 9.10. The predicted molar refractivity (Wildman–Crippen MR) is 145 cm³/mol. The number of nitrogens with one attached hydrogen (secondary N) is 1. The van der Waals surface area contributed by atoms with Crippen LogP contribution in [0.4, 0.5) is 0 Å². The molecule has 1 amide bonds. The first-order valence-electron chi connectivity index (χ1n) is 12.5. The second kappa shape index (κ2) is 12.0. The summed E-state index contributed by atoms with van der Waals surface area (Å²) >= 11 is 0. The van der Waals surface area contributed by atoms with Crippen LogP contribution in [0.25, 0.3) is 5.57 Å². The molecule has 6 heteroatoms. The number of carbonyl (C=O) groups is 1. The van der Waals surface area contributed by atoms with Crippen molar-refractivity contribution in [3.63, 3.8) is 0 Å². The summed E-state index contributed by atoms with van der Waals surface area (Å²) in [6.07, 6.45) is 5.49. The summed E-state index contributed by atoms with van der Waals surface area (Å²) in [5.41, 5.74) is 11.4. The first kappa shape index (κ1) is 26.5. The first-order valence-corrected chi connectivity index (χ1v) is 12.5. The van der Waals surface area contributed by atoms with Crippen molar-refractivity contribution in [2.75, 3.05) is 27.2 Å². The van der Waals surface area contributed by atoms with Crippen LogP contribution in [-0.4, -0.2) is 50.3 Å². The number of nitrogens with two attached hydrogens (primary N) is 1. The normalized spacial score (nSPS) is 16.6. The zero-order chi connectivity index (χ0) is 25.5. The van der Waals surface area contributed by atoms with E-state index in [-0.39, 0.29) is 11.9 Å². The summed E-state index contributed by atoms with van der Waals surface area (Å²) in [5.74, 6) is 1.14. The van der Waals surface area contributed by atoms with E-state index in [0.717, 1.165) is 53.8 Å². The van der Waals surface area contributed by atoms with Crippen LogP contribution in [0.3, 0.4) is 0 Å². The van der Waals surface area contributed by atoms with Crippen LogP contribution in [0.2, 0.25) is 0 Å². The Hall–Kier alpha value is -3.12. The van der Waals surface area contributed by atoms with Gasteiger partial charge >= 0.3 is 0 Å². The number of piperidine rings is 1. The lowest BCUT2D eigenvalue weighted by atomic mass is 9.87. The van der Waals surface area contributed by atoms with E-state index in [4.69, 9.17) is 10.5 Å². The van der Waals surface area contributed by atoms with Crippen molar-refractivity contribution in [2.24, 2.45) is 10.7 Å². The number of aryl methyl sites for hydroxylation is 1. The molecule has 3 rings (SSSR count). The van der Waals surface area contributed by atoms with Gasteiger partial charge in [0, 0.05) is 36.6 Å². The molecule has 1 heterocycles. The van der Waals surface area contributed by atoms with Crippen molar-refractivity contribution in [2.45, 2.75) is 58.5 Å². The number of allylic oxidation sites excluding steroid dienone is 1. The van der Waals surface area contributed by atoms with Crippen molar-refractivity contribution >= 4 is 17.7 Å². The molecule has 0 radical (unpaired) electrons. The zero-order valence-corrected chi connectivity index (χ0v) is 22.0. The lowest BCUT2D eigenvalue weighted by Crippen LogP contribution is -2.37. The fourth-order valence-corrected chi connectivity index (χ4v) is 4.75. The maximum atomic E-state index is 13.4. The molecule has 1 aliphatic heterocycles. The molecule has 0 spiro atoms. The van der Waals surface area contributed by atoms with Gasteiger partial charge in [-0.3, -0.25) is 9.79 Å². The monoisotopic (exact) mass is 476 g/mol. The highest BCUT2D eigenvalue weighted by Gasteiger charge is 2.23. The molecule has 2 aromatic rings. The van der Waals surface area contributed by atoms with E-state index >= 15 is 0 Å². The average molecular weight is 477 g/mol. The Morgan fingerprint density at radius 3 is 2.49 bits per heavy atom. The Morgan fingerprint density at radius 1 is 1.17 bits per heavy atom. The summed E-state index contributed by atoms with van der Waals surface area (Å²) in [6.45, 7) is 10.7. The van der Waals surface area contributed by atoms with Gasteiger partial charge in [-0.25, -0.2) is 0 Å². The Bertz CT molecular complexity index is 1080. The molecule has 0 bridgehead atoms. The highest BCUT2D eigenvalue weighted by Crippen LogP contribution is 2.31.